The number of para-hydroxylation sites is 1. The average molecular weight is 637 g/mol. The summed E-state index contributed by atoms with van der Waals surface area (Å²) in [6.07, 6.45) is 1.39. The van der Waals surface area contributed by atoms with Gasteiger partial charge in [-0.3, -0.25) is 9.59 Å². The summed E-state index contributed by atoms with van der Waals surface area (Å²) in [5.74, 6) is -1.08. The van der Waals surface area contributed by atoms with Gasteiger partial charge in [0.15, 0.2) is 23.0 Å². The molecule has 1 aromatic heterocycles. The summed E-state index contributed by atoms with van der Waals surface area (Å²) in [5.41, 5.74) is 5.41. The highest BCUT2D eigenvalue weighted by molar-refractivity contribution is 6.34. The second-order valence-corrected chi connectivity index (χ2v) is 10.1. The van der Waals surface area contributed by atoms with Gasteiger partial charge in [-0.25, -0.2) is 10.2 Å². The number of halogens is 1. The maximum atomic E-state index is 13.4. The largest absolute Gasteiger partial charge is 0.493 e. The lowest BCUT2D eigenvalue weighted by Crippen LogP contribution is -2.19. The molecule has 5 aromatic rings. The molecule has 0 spiro atoms. The molecule has 0 bridgehead atoms. The third kappa shape index (κ3) is 6.52. The highest BCUT2D eigenvalue weighted by atomic mass is 35.5. The molecule has 230 valence electrons. The van der Waals surface area contributed by atoms with Crippen LogP contribution in [-0.4, -0.2) is 43.3 Å². The normalized spacial score (nSPS) is 10.8. The quantitative estimate of drug-likeness (QED) is 0.0829. The molecule has 1 heterocycles. The lowest BCUT2D eigenvalue weighted by atomic mass is 10.0. The number of carbonyl (C=O) groups is 3. The van der Waals surface area contributed by atoms with E-state index in [2.05, 4.69) is 21.6 Å². The Balaban J connectivity index is 1.35. The van der Waals surface area contributed by atoms with E-state index in [1.165, 1.54) is 51.6 Å². The Morgan fingerprint density at radius 1 is 0.891 bits per heavy atom. The number of carbonyl (C=O) groups excluding carboxylic acids is 3. The number of hydrogen-bond acceptors (Lipinski definition) is 9. The van der Waals surface area contributed by atoms with Crippen LogP contribution in [0.4, 0.5) is 0 Å². The predicted molar refractivity (Wildman–Crippen MR) is 171 cm³/mol. The Labute approximate surface area is 267 Å². The van der Waals surface area contributed by atoms with Gasteiger partial charge in [0.2, 0.25) is 0 Å². The van der Waals surface area contributed by atoms with Gasteiger partial charge in [-0.2, -0.15) is 10.4 Å². The molecule has 5 rings (SSSR count). The fraction of sp³-hybridized carbons (Fsp3) is 0.0882. The number of methoxy groups -OCH3 is 2. The maximum absolute atomic E-state index is 13.4. The first-order chi connectivity index (χ1) is 22.2. The predicted octanol–water partition coefficient (Wildman–Crippen LogP) is 6.29. The molecule has 0 radical (unpaired) electrons. The van der Waals surface area contributed by atoms with Crippen LogP contribution in [0.5, 0.6) is 23.0 Å². The second-order valence-electron chi connectivity index (χ2n) is 9.65. The minimum Gasteiger partial charge on any atom is -0.493 e. The lowest BCUT2D eigenvalue weighted by Gasteiger charge is -2.12. The molecular formula is C34H25ClN4O7. The van der Waals surface area contributed by atoms with E-state index in [4.69, 9.17) is 30.5 Å². The first-order valence-electron chi connectivity index (χ1n) is 13.6. The number of hydrogen-bond donors (Lipinski definition) is 2. The molecule has 0 unspecified atom stereocenters. The molecular weight excluding hydrogens is 612 g/mol. The number of esters is 2. The topological polar surface area (TPSA) is 152 Å². The molecule has 0 saturated carbocycles. The van der Waals surface area contributed by atoms with Crippen molar-refractivity contribution in [3.63, 3.8) is 0 Å². The van der Waals surface area contributed by atoms with Crippen molar-refractivity contribution in [3.05, 3.63) is 106 Å². The smallest absolute Gasteiger partial charge is 0.343 e. The summed E-state index contributed by atoms with van der Waals surface area (Å²) in [5, 5.41) is 14.8. The molecule has 0 aliphatic heterocycles. The summed E-state index contributed by atoms with van der Waals surface area (Å²) in [6.45, 7) is 1.25. The zero-order chi connectivity index (χ0) is 32.8. The van der Waals surface area contributed by atoms with E-state index in [0.29, 0.717) is 38.2 Å². The van der Waals surface area contributed by atoms with Crippen molar-refractivity contribution in [2.24, 2.45) is 5.10 Å². The highest BCUT2D eigenvalue weighted by Gasteiger charge is 2.22. The number of rotatable bonds is 9. The second kappa shape index (κ2) is 13.7. The number of nitriles is 1. The van der Waals surface area contributed by atoms with Gasteiger partial charge in [-0.05, 0) is 54.1 Å². The van der Waals surface area contributed by atoms with Crippen LogP contribution in [0.25, 0.3) is 22.0 Å². The average Bonchev–Trinajstić information content (AvgIpc) is 3.45. The Morgan fingerprint density at radius 3 is 2.33 bits per heavy atom. The molecule has 4 aromatic carbocycles. The monoisotopic (exact) mass is 636 g/mol. The first-order valence-corrected chi connectivity index (χ1v) is 14.0. The van der Waals surface area contributed by atoms with Crippen LogP contribution in [-0.2, 0) is 4.79 Å². The summed E-state index contributed by atoms with van der Waals surface area (Å²) in [6, 6.07) is 23.4. The van der Waals surface area contributed by atoms with Gasteiger partial charge in [0.05, 0.1) is 37.1 Å². The van der Waals surface area contributed by atoms with Crippen LogP contribution in [0.3, 0.4) is 0 Å². The minimum atomic E-state index is -0.702. The van der Waals surface area contributed by atoms with E-state index in [1.54, 1.807) is 54.6 Å². The highest BCUT2D eigenvalue weighted by Crippen LogP contribution is 2.37. The SMILES string of the molecule is COc1cc(C(=O)Oc2ccc(C=NNC(=O)c3[nH]c4c(C#N)cccc4c3-c3ccccc3Cl)cc2OC)ccc1OC(C)=O. The third-order valence-electron chi connectivity index (χ3n) is 6.75. The summed E-state index contributed by atoms with van der Waals surface area (Å²) >= 11 is 6.49. The van der Waals surface area contributed by atoms with E-state index in [-0.39, 0.29) is 34.3 Å². The number of hydrazone groups is 1. The van der Waals surface area contributed by atoms with Crippen molar-refractivity contribution in [2.45, 2.75) is 6.92 Å². The van der Waals surface area contributed by atoms with Crippen LogP contribution < -0.4 is 24.4 Å². The van der Waals surface area contributed by atoms with Gasteiger partial charge in [0, 0.05) is 28.5 Å². The van der Waals surface area contributed by atoms with Crippen LogP contribution >= 0.6 is 11.6 Å². The number of nitrogens with one attached hydrogen (secondary N) is 2. The standard InChI is InChI=1S/C34H25ClN4O7/c1-19(40)45-26-14-12-21(16-29(26)44-3)34(42)46-27-13-11-20(15-28(27)43-2)18-37-39-33(41)32-30(23-8-4-5-10-25(23)35)24-9-6-7-22(17-36)31(24)38-32/h4-16,18,38H,1-3H3,(H,39,41). The summed E-state index contributed by atoms with van der Waals surface area (Å²) in [4.78, 5) is 40.6. The van der Waals surface area contributed by atoms with Crippen molar-refractivity contribution < 1.29 is 33.3 Å². The Morgan fingerprint density at radius 2 is 1.61 bits per heavy atom. The van der Waals surface area contributed by atoms with Crippen molar-refractivity contribution in [2.75, 3.05) is 14.2 Å². The number of H-pyrrole nitrogens is 1. The van der Waals surface area contributed by atoms with Gasteiger partial charge in [0.25, 0.3) is 5.91 Å². The maximum Gasteiger partial charge on any atom is 0.343 e. The van der Waals surface area contributed by atoms with E-state index < -0.39 is 17.8 Å². The van der Waals surface area contributed by atoms with Crippen LogP contribution in [0.1, 0.15) is 38.9 Å². The first kappa shape index (κ1) is 31.3. The zero-order valence-corrected chi connectivity index (χ0v) is 25.5. The van der Waals surface area contributed by atoms with E-state index in [9.17, 15) is 19.6 Å². The Kier molecular flexibility index (Phi) is 9.31. The molecule has 0 saturated heterocycles. The molecule has 0 aliphatic rings. The van der Waals surface area contributed by atoms with Crippen molar-refractivity contribution in [3.8, 4) is 40.2 Å². The van der Waals surface area contributed by atoms with Crippen molar-refractivity contribution >= 4 is 46.6 Å². The van der Waals surface area contributed by atoms with Gasteiger partial charge in [0.1, 0.15) is 11.8 Å². The van der Waals surface area contributed by atoms with Crippen LogP contribution in [0.15, 0.2) is 84.0 Å². The molecule has 46 heavy (non-hydrogen) atoms. The van der Waals surface area contributed by atoms with Gasteiger partial charge >= 0.3 is 11.9 Å². The molecule has 0 aliphatic carbocycles. The van der Waals surface area contributed by atoms with Gasteiger partial charge in [-0.15, -0.1) is 0 Å². The Bertz CT molecular complexity index is 2060. The summed E-state index contributed by atoms with van der Waals surface area (Å²) in [7, 11) is 2.79. The number of fused-ring (bicyclic) bond motifs is 1. The number of aromatic nitrogens is 1. The fourth-order valence-electron chi connectivity index (χ4n) is 4.69. The number of ether oxygens (including phenoxy) is 4. The summed E-state index contributed by atoms with van der Waals surface area (Å²) < 4.78 is 21.2. The van der Waals surface area contributed by atoms with Crippen molar-refractivity contribution in [1.82, 2.24) is 10.4 Å². The van der Waals surface area contributed by atoms with Crippen molar-refractivity contribution in [1.29, 1.82) is 5.26 Å². The third-order valence-corrected chi connectivity index (χ3v) is 7.08. The van der Waals surface area contributed by atoms with Crippen LogP contribution in [0, 0.1) is 11.3 Å². The molecule has 0 fully saturated rings. The zero-order valence-electron chi connectivity index (χ0n) is 24.7. The van der Waals surface area contributed by atoms with Crippen LogP contribution in [0.2, 0.25) is 5.02 Å². The Hall–Kier alpha value is -6.12. The van der Waals surface area contributed by atoms with Gasteiger partial charge in [-0.1, -0.05) is 41.9 Å². The molecule has 12 heteroatoms. The fourth-order valence-corrected chi connectivity index (χ4v) is 4.92. The molecule has 0 atom stereocenters. The molecule has 11 nitrogen and oxygen atoms in total. The number of amides is 1. The minimum absolute atomic E-state index is 0.132. The number of nitrogens with zero attached hydrogens (tertiary/aromatic N) is 2. The number of aromatic amines is 1. The van der Waals surface area contributed by atoms with E-state index >= 15 is 0 Å². The number of benzene rings is 4. The van der Waals surface area contributed by atoms with E-state index in [1.807, 2.05) is 0 Å². The molecule has 1 amide bonds. The molecule has 2 N–H and O–H groups in total. The lowest BCUT2D eigenvalue weighted by molar-refractivity contribution is -0.132. The van der Waals surface area contributed by atoms with Gasteiger partial charge < -0.3 is 23.9 Å². The van der Waals surface area contributed by atoms with E-state index in [0.717, 1.165) is 0 Å².